The van der Waals surface area contributed by atoms with Gasteiger partial charge in [0.2, 0.25) is 15.0 Å². The topological polar surface area (TPSA) is 62.8 Å². The van der Waals surface area contributed by atoms with Gasteiger partial charge in [-0.3, -0.25) is 0 Å². The van der Waals surface area contributed by atoms with Gasteiger partial charge in [-0.25, -0.2) is 13.4 Å². The van der Waals surface area contributed by atoms with Crippen LogP contribution in [-0.4, -0.2) is 24.1 Å². The molecular weight excluding hydrogens is 238 g/mol. The Bertz CT molecular complexity index is 482. The van der Waals surface area contributed by atoms with E-state index < -0.39 is 15.9 Å². The summed E-state index contributed by atoms with van der Waals surface area (Å²) in [6, 6.07) is 0. The van der Waals surface area contributed by atoms with Crippen LogP contribution >= 0.6 is 0 Å². The number of H-pyrrole nitrogens is 1. The van der Waals surface area contributed by atoms with E-state index >= 15 is 0 Å². The van der Waals surface area contributed by atoms with Crippen LogP contribution in [0.5, 0.6) is 0 Å². The number of hydrogen-bond donors (Lipinski definition) is 1. The first-order valence-electron chi connectivity index (χ1n) is 4.60. The Hall–Kier alpha value is -1.24. The maximum absolute atomic E-state index is 11.7. The molecule has 0 spiro atoms. The minimum atomic E-state index is -3.60. The fraction of sp³-hybridized carbons (Fsp3) is 0.444. The molecule has 0 saturated carbocycles. The van der Waals surface area contributed by atoms with Gasteiger partial charge >= 0.3 is 0 Å². The van der Waals surface area contributed by atoms with E-state index in [4.69, 9.17) is 0 Å². The number of aromatic amines is 1. The highest BCUT2D eigenvalue weighted by Gasteiger charge is 2.18. The summed E-state index contributed by atoms with van der Waals surface area (Å²) in [6.07, 6.45) is -1.51. The molecule has 0 radical (unpaired) electrons. The quantitative estimate of drug-likeness (QED) is 0.888. The maximum atomic E-state index is 11.7. The van der Waals surface area contributed by atoms with Crippen molar-refractivity contribution >= 4 is 9.84 Å². The summed E-state index contributed by atoms with van der Waals surface area (Å²) in [7, 11) is -3.60. The van der Waals surface area contributed by atoms with Gasteiger partial charge < -0.3 is 4.98 Å². The fourth-order valence-corrected chi connectivity index (χ4v) is 2.29. The lowest BCUT2D eigenvalue weighted by Gasteiger charge is -1.97. The first-order valence-corrected chi connectivity index (χ1v) is 6.25. The largest absolute Gasteiger partial charge is 0.333 e. The van der Waals surface area contributed by atoms with Crippen molar-refractivity contribution in [2.24, 2.45) is 0 Å². The van der Waals surface area contributed by atoms with Crippen LogP contribution in [-0.2, 0) is 9.84 Å². The molecule has 0 aliphatic rings. The molecule has 0 saturated heterocycles. The molecule has 0 aromatic carbocycles. The Morgan fingerprint density at radius 3 is 2.50 bits per heavy atom. The molecule has 4 nitrogen and oxygen atoms in total. The van der Waals surface area contributed by atoms with Gasteiger partial charge in [0, 0.05) is 5.69 Å². The monoisotopic (exact) mass is 250 g/mol. The third-order valence-corrected chi connectivity index (χ3v) is 3.64. The zero-order chi connectivity index (χ0) is 12.3. The number of halogens is 2. The van der Waals surface area contributed by atoms with Crippen LogP contribution in [0.4, 0.5) is 8.78 Å². The third-order valence-electron chi connectivity index (χ3n) is 2.09. The zero-order valence-corrected chi connectivity index (χ0v) is 9.74. The molecule has 0 unspecified atom stereocenters. The second kappa shape index (κ2) is 4.73. The minimum Gasteiger partial charge on any atom is -0.333 e. The van der Waals surface area contributed by atoms with Gasteiger partial charge in [-0.2, -0.15) is 8.78 Å². The molecule has 1 heterocycles. The van der Waals surface area contributed by atoms with Crippen molar-refractivity contribution < 1.29 is 17.2 Å². The molecular formula is C9H12F2N2O2S. The van der Waals surface area contributed by atoms with Crippen LogP contribution in [0.15, 0.2) is 17.3 Å². The molecule has 0 atom stereocenters. The van der Waals surface area contributed by atoms with E-state index in [1.54, 1.807) is 13.8 Å². The third kappa shape index (κ3) is 3.13. The summed E-state index contributed by atoms with van der Waals surface area (Å²) in [6.45, 7) is 3.37. The highest BCUT2D eigenvalue weighted by Crippen LogP contribution is 2.12. The Balaban J connectivity index is 2.82. The molecule has 0 fully saturated rings. The predicted molar refractivity (Wildman–Crippen MR) is 55.0 cm³/mol. The summed E-state index contributed by atoms with van der Waals surface area (Å²) in [5.41, 5.74) is 1.25. The number of aromatic nitrogens is 2. The van der Waals surface area contributed by atoms with E-state index in [1.165, 1.54) is 0 Å². The second-order valence-electron chi connectivity index (χ2n) is 3.35. The molecule has 1 aromatic heterocycles. The highest BCUT2D eigenvalue weighted by atomic mass is 32.2. The number of sulfone groups is 1. The smallest absolute Gasteiger partial charge is 0.266 e. The van der Waals surface area contributed by atoms with Crippen molar-refractivity contribution in [3.8, 4) is 0 Å². The number of rotatable bonds is 4. The Morgan fingerprint density at radius 2 is 2.06 bits per heavy atom. The minimum absolute atomic E-state index is 0.157. The van der Waals surface area contributed by atoms with Gasteiger partial charge in [0.1, 0.15) is 0 Å². The molecule has 1 N–H and O–H groups in total. The summed E-state index contributed by atoms with van der Waals surface area (Å²) >= 11 is 0. The molecule has 0 amide bonds. The van der Waals surface area contributed by atoms with Crippen LogP contribution in [0, 0.1) is 13.8 Å². The Morgan fingerprint density at radius 1 is 1.44 bits per heavy atom. The molecule has 1 rings (SSSR count). The van der Waals surface area contributed by atoms with Gasteiger partial charge in [-0.1, -0.05) is 0 Å². The number of imidazole rings is 1. The summed E-state index contributed by atoms with van der Waals surface area (Å²) in [5.74, 6) is -0.378. The van der Waals surface area contributed by atoms with Gasteiger partial charge in [0.15, 0.2) is 0 Å². The fourth-order valence-electron chi connectivity index (χ4n) is 1.08. The summed E-state index contributed by atoms with van der Waals surface area (Å²) in [4.78, 5) is 6.44. The van der Waals surface area contributed by atoms with Crippen LogP contribution in [0.2, 0.25) is 0 Å². The second-order valence-corrected chi connectivity index (χ2v) is 5.38. The van der Waals surface area contributed by atoms with Crippen LogP contribution in [0.25, 0.3) is 0 Å². The molecule has 16 heavy (non-hydrogen) atoms. The Kier molecular flexibility index (Phi) is 3.79. The zero-order valence-electron chi connectivity index (χ0n) is 8.92. The lowest BCUT2D eigenvalue weighted by molar-refractivity contribution is 0.418. The standard InChI is InChI=1S/C9H12F2N2O2S/c1-6-7(2)13-9(12-6)16(14,15)5-3-4-8(10)11/h4H,3,5H2,1-2H3,(H,12,13). The number of nitrogens with zero attached hydrogens (tertiary/aromatic N) is 1. The van der Waals surface area contributed by atoms with Crippen molar-refractivity contribution in [2.45, 2.75) is 25.4 Å². The maximum Gasteiger partial charge on any atom is 0.266 e. The van der Waals surface area contributed by atoms with Gasteiger partial charge in [0.05, 0.1) is 11.4 Å². The average Bonchev–Trinajstić information content (AvgIpc) is 2.46. The number of allylic oxidation sites excluding steroid dienone is 1. The number of nitrogens with one attached hydrogen (secondary N) is 1. The molecule has 0 aliphatic carbocycles. The van der Waals surface area contributed by atoms with Crippen LogP contribution in [0.3, 0.4) is 0 Å². The van der Waals surface area contributed by atoms with E-state index in [0.717, 1.165) is 0 Å². The lowest BCUT2D eigenvalue weighted by atomic mass is 10.4. The van der Waals surface area contributed by atoms with Crippen molar-refractivity contribution in [2.75, 3.05) is 5.75 Å². The van der Waals surface area contributed by atoms with Gasteiger partial charge in [0.25, 0.3) is 6.08 Å². The average molecular weight is 250 g/mol. The summed E-state index contributed by atoms with van der Waals surface area (Å²) in [5, 5.41) is -0.157. The number of hydrogen-bond acceptors (Lipinski definition) is 3. The van der Waals surface area contributed by atoms with E-state index in [-0.39, 0.29) is 17.3 Å². The van der Waals surface area contributed by atoms with E-state index in [0.29, 0.717) is 17.5 Å². The predicted octanol–water partition coefficient (Wildman–Crippen LogP) is 1.97. The lowest BCUT2D eigenvalue weighted by Crippen LogP contribution is -2.08. The first-order chi connectivity index (χ1) is 7.33. The molecule has 90 valence electrons. The first kappa shape index (κ1) is 12.8. The van der Waals surface area contributed by atoms with Gasteiger partial charge in [-0.05, 0) is 26.3 Å². The van der Waals surface area contributed by atoms with Crippen molar-refractivity contribution in [1.29, 1.82) is 0 Å². The SMILES string of the molecule is Cc1nc(S(=O)(=O)CCC=C(F)F)[nH]c1C. The number of aryl methyl sites for hydroxylation is 2. The van der Waals surface area contributed by atoms with Crippen molar-refractivity contribution in [1.82, 2.24) is 9.97 Å². The molecule has 1 aromatic rings. The van der Waals surface area contributed by atoms with E-state index in [9.17, 15) is 17.2 Å². The van der Waals surface area contributed by atoms with E-state index in [1.807, 2.05) is 0 Å². The van der Waals surface area contributed by atoms with Crippen LogP contribution in [0.1, 0.15) is 17.8 Å². The van der Waals surface area contributed by atoms with Crippen LogP contribution < -0.4 is 0 Å². The summed E-state index contributed by atoms with van der Waals surface area (Å²) < 4.78 is 46.7. The van der Waals surface area contributed by atoms with Crippen molar-refractivity contribution in [3.05, 3.63) is 23.5 Å². The van der Waals surface area contributed by atoms with E-state index in [2.05, 4.69) is 9.97 Å². The van der Waals surface area contributed by atoms with Gasteiger partial charge in [-0.15, -0.1) is 0 Å². The molecule has 0 aliphatic heterocycles. The normalized spacial score (nSPS) is 11.5. The highest BCUT2D eigenvalue weighted by molar-refractivity contribution is 7.91. The molecule has 0 bridgehead atoms. The Labute approximate surface area is 92.3 Å². The van der Waals surface area contributed by atoms with Crippen molar-refractivity contribution in [3.63, 3.8) is 0 Å². The molecule has 7 heteroatoms.